The van der Waals surface area contributed by atoms with Gasteiger partial charge in [0, 0.05) is 72.1 Å². The van der Waals surface area contributed by atoms with Crippen molar-refractivity contribution < 1.29 is 24.1 Å². The SMILES string of the molecule is CCCN1CCC2(CC1)OCCO2.CO.NCCN1CCC2(CC1)OCCO2. The van der Waals surface area contributed by atoms with E-state index >= 15 is 0 Å². The predicted molar refractivity (Wildman–Crippen MR) is 108 cm³/mol. The summed E-state index contributed by atoms with van der Waals surface area (Å²) < 4.78 is 22.6. The Morgan fingerprint density at radius 2 is 1.07 bits per heavy atom. The van der Waals surface area contributed by atoms with Crippen LogP contribution in [-0.2, 0) is 18.9 Å². The van der Waals surface area contributed by atoms with Gasteiger partial charge in [-0.05, 0) is 13.0 Å². The molecule has 0 atom stereocenters. The van der Waals surface area contributed by atoms with E-state index in [0.29, 0.717) is 0 Å². The molecule has 2 spiro atoms. The Bertz CT molecular complexity index is 357. The number of hydrogen-bond donors (Lipinski definition) is 2. The quantitative estimate of drug-likeness (QED) is 0.706. The Kier molecular flexibility index (Phi) is 10.6. The second kappa shape index (κ2) is 12.4. The fraction of sp³-hybridized carbons (Fsp3) is 1.00. The van der Waals surface area contributed by atoms with Crippen molar-refractivity contribution in [2.24, 2.45) is 5.73 Å². The Hall–Kier alpha value is -0.320. The summed E-state index contributed by atoms with van der Waals surface area (Å²) in [5.74, 6) is -0.421. The molecule has 8 heteroatoms. The van der Waals surface area contributed by atoms with Crippen LogP contribution in [0.4, 0.5) is 0 Å². The van der Waals surface area contributed by atoms with E-state index in [0.717, 1.165) is 98.5 Å². The van der Waals surface area contributed by atoms with Crippen LogP contribution in [0.5, 0.6) is 0 Å². The van der Waals surface area contributed by atoms with E-state index in [9.17, 15) is 0 Å². The molecule has 3 N–H and O–H groups in total. The molecular formula is C20H41N3O5. The molecule has 4 aliphatic rings. The minimum Gasteiger partial charge on any atom is -0.400 e. The lowest BCUT2D eigenvalue weighted by molar-refractivity contribution is -0.185. The van der Waals surface area contributed by atoms with Gasteiger partial charge in [0.25, 0.3) is 0 Å². The minimum absolute atomic E-state index is 0.190. The van der Waals surface area contributed by atoms with Gasteiger partial charge in [-0.2, -0.15) is 0 Å². The molecule has 0 aromatic rings. The number of nitrogens with zero attached hydrogens (tertiary/aromatic N) is 2. The fourth-order valence-electron chi connectivity index (χ4n) is 4.30. The van der Waals surface area contributed by atoms with Crippen LogP contribution < -0.4 is 5.73 Å². The molecule has 0 radical (unpaired) electrons. The zero-order valence-corrected chi connectivity index (χ0v) is 17.9. The predicted octanol–water partition coefficient (Wildman–Crippen LogP) is 0.628. The Morgan fingerprint density at radius 3 is 1.39 bits per heavy atom. The number of likely N-dealkylation sites (tertiary alicyclic amines) is 2. The smallest absolute Gasteiger partial charge is 0.170 e. The molecule has 4 heterocycles. The molecule has 0 amide bonds. The van der Waals surface area contributed by atoms with E-state index in [1.807, 2.05) is 0 Å². The zero-order valence-electron chi connectivity index (χ0n) is 17.9. The molecule has 4 rings (SSSR count). The maximum absolute atomic E-state index is 7.00. The van der Waals surface area contributed by atoms with Gasteiger partial charge in [-0.25, -0.2) is 0 Å². The number of hydrogen-bond acceptors (Lipinski definition) is 8. The summed E-state index contributed by atoms with van der Waals surface area (Å²) in [4.78, 5) is 4.87. The molecule has 0 unspecified atom stereocenters. The van der Waals surface area contributed by atoms with Crippen LogP contribution in [0.3, 0.4) is 0 Å². The van der Waals surface area contributed by atoms with Gasteiger partial charge < -0.3 is 39.6 Å². The summed E-state index contributed by atoms with van der Waals surface area (Å²) in [7, 11) is 1.00. The van der Waals surface area contributed by atoms with Crippen LogP contribution in [0.15, 0.2) is 0 Å². The van der Waals surface area contributed by atoms with E-state index in [1.54, 1.807) is 0 Å². The zero-order chi connectivity index (χ0) is 20.3. The largest absolute Gasteiger partial charge is 0.400 e. The molecule has 8 nitrogen and oxygen atoms in total. The van der Waals surface area contributed by atoms with Gasteiger partial charge in [-0.15, -0.1) is 0 Å². The number of aliphatic hydroxyl groups excluding tert-OH is 1. The van der Waals surface area contributed by atoms with Crippen molar-refractivity contribution in [1.82, 2.24) is 9.80 Å². The van der Waals surface area contributed by atoms with Crippen molar-refractivity contribution >= 4 is 0 Å². The van der Waals surface area contributed by atoms with Gasteiger partial charge in [0.05, 0.1) is 26.4 Å². The number of ether oxygens (including phenoxy) is 4. The van der Waals surface area contributed by atoms with Crippen molar-refractivity contribution in [3.63, 3.8) is 0 Å². The summed E-state index contributed by atoms with van der Waals surface area (Å²) in [6.07, 6.45) is 5.33. The Labute approximate surface area is 170 Å². The lowest BCUT2D eigenvalue weighted by atomic mass is 10.0. The van der Waals surface area contributed by atoms with Crippen molar-refractivity contribution in [3.05, 3.63) is 0 Å². The molecular weight excluding hydrogens is 362 g/mol. The van der Waals surface area contributed by atoms with Gasteiger partial charge in [-0.3, -0.25) is 0 Å². The van der Waals surface area contributed by atoms with Crippen molar-refractivity contribution in [3.8, 4) is 0 Å². The van der Waals surface area contributed by atoms with E-state index in [4.69, 9.17) is 29.8 Å². The first-order valence-corrected chi connectivity index (χ1v) is 10.8. The minimum atomic E-state index is -0.231. The number of nitrogens with two attached hydrogens (primary N) is 1. The van der Waals surface area contributed by atoms with Crippen LogP contribution in [-0.4, -0.2) is 106 Å². The van der Waals surface area contributed by atoms with Crippen LogP contribution >= 0.6 is 0 Å². The average molecular weight is 404 g/mol. The Morgan fingerprint density at radius 1 is 0.714 bits per heavy atom. The van der Waals surface area contributed by atoms with E-state index < -0.39 is 0 Å². The van der Waals surface area contributed by atoms with Crippen molar-refractivity contribution in [2.45, 2.75) is 50.6 Å². The third-order valence-electron chi connectivity index (χ3n) is 5.85. The summed E-state index contributed by atoms with van der Waals surface area (Å²) in [6.45, 7) is 12.7. The molecule has 28 heavy (non-hydrogen) atoms. The Balaban J connectivity index is 0.000000184. The van der Waals surface area contributed by atoms with Gasteiger partial charge >= 0.3 is 0 Å². The highest BCUT2D eigenvalue weighted by atomic mass is 16.7. The van der Waals surface area contributed by atoms with E-state index in [1.165, 1.54) is 13.0 Å². The van der Waals surface area contributed by atoms with Crippen LogP contribution in [0.1, 0.15) is 39.0 Å². The van der Waals surface area contributed by atoms with Crippen molar-refractivity contribution in [1.29, 1.82) is 0 Å². The number of piperidine rings is 2. The standard InChI is InChI=1S/C10H19NO2.C9H18N2O2.CH4O/c1-2-5-11-6-3-10(4-7-11)12-8-9-13-10;10-3-6-11-4-1-9(2-5-11)12-7-8-13-9;1-2/h2-9H2,1H3;1-8,10H2;2H,1H3. The van der Waals surface area contributed by atoms with Gasteiger partial charge in [-0.1, -0.05) is 6.92 Å². The third-order valence-corrected chi connectivity index (χ3v) is 5.85. The maximum Gasteiger partial charge on any atom is 0.170 e. The number of rotatable bonds is 4. The van der Waals surface area contributed by atoms with Crippen LogP contribution in [0.25, 0.3) is 0 Å². The molecule has 0 aliphatic carbocycles. The highest BCUT2D eigenvalue weighted by molar-refractivity contribution is 4.83. The normalized spacial score (nSPS) is 26.6. The molecule has 166 valence electrons. The fourth-order valence-corrected chi connectivity index (χ4v) is 4.30. The summed E-state index contributed by atoms with van der Waals surface area (Å²) in [5, 5.41) is 7.00. The van der Waals surface area contributed by atoms with Crippen LogP contribution in [0, 0.1) is 0 Å². The second-order valence-corrected chi connectivity index (χ2v) is 7.69. The molecule has 0 saturated carbocycles. The molecule has 0 bridgehead atoms. The molecule has 4 aliphatic heterocycles. The second-order valence-electron chi connectivity index (χ2n) is 7.69. The number of aliphatic hydroxyl groups is 1. The maximum atomic E-state index is 7.00. The highest BCUT2D eigenvalue weighted by Crippen LogP contribution is 2.31. The first-order valence-electron chi connectivity index (χ1n) is 10.8. The van der Waals surface area contributed by atoms with Crippen LogP contribution in [0.2, 0.25) is 0 Å². The highest BCUT2D eigenvalue weighted by Gasteiger charge is 2.40. The lowest BCUT2D eigenvalue weighted by Crippen LogP contribution is -2.46. The summed E-state index contributed by atoms with van der Waals surface area (Å²) in [5.41, 5.74) is 5.50. The topological polar surface area (TPSA) is 89.7 Å². The summed E-state index contributed by atoms with van der Waals surface area (Å²) in [6, 6.07) is 0. The van der Waals surface area contributed by atoms with Crippen molar-refractivity contribution in [2.75, 3.05) is 79.4 Å². The molecule has 4 saturated heterocycles. The molecule has 0 aromatic carbocycles. The average Bonchev–Trinajstić information content (AvgIpc) is 3.39. The van der Waals surface area contributed by atoms with E-state index in [-0.39, 0.29) is 11.6 Å². The first kappa shape index (κ1) is 24.0. The third kappa shape index (κ3) is 6.88. The monoisotopic (exact) mass is 403 g/mol. The molecule has 0 aromatic heterocycles. The van der Waals surface area contributed by atoms with E-state index in [2.05, 4.69) is 16.7 Å². The van der Waals surface area contributed by atoms with Gasteiger partial charge in [0.15, 0.2) is 11.6 Å². The van der Waals surface area contributed by atoms with Gasteiger partial charge in [0.2, 0.25) is 0 Å². The molecule has 4 fully saturated rings. The summed E-state index contributed by atoms with van der Waals surface area (Å²) >= 11 is 0. The van der Waals surface area contributed by atoms with Gasteiger partial charge in [0.1, 0.15) is 0 Å². The first-order chi connectivity index (χ1) is 13.7. The lowest BCUT2D eigenvalue weighted by Gasteiger charge is -2.37.